The molecule has 6 heteroatoms. The molecule has 0 saturated carbocycles. The molecule has 0 aliphatic rings. The zero-order valence-electron chi connectivity index (χ0n) is 11.6. The summed E-state index contributed by atoms with van der Waals surface area (Å²) >= 11 is 12.5. The van der Waals surface area contributed by atoms with Gasteiger partial charge in [0, 0.05) is 29.6 Å². The lowest BCUT2D eigenvalue weighted by molar-refractivity contribution is 0.499. The number of nitrogens with one attached hydrogen (secondary N) is 1. The molecule has 0 bridgehead atoms. The van der Waals surface area contributed by atoms with Crippen molar-refractivity contribution in [3.63, 3.8) is 0 Å². The number of hydrogen-bond acceptors (Lipinski definition) is 3. The molecule has 4 nitrogen and oxygen atoms in total. The predicted octanol–water partition coefficient (Wildman–Crippen LogP) is 2.89. The molecule has 0 aliphatic heterocycles. The monoisotopic (exact) mass is 312 g/mol. The van der Waals surface area contributed by atoms with Crippen LogP contribution in [0.5, 0.6) is 0 Å². The van der Waals surface area contributed by atoms with Gasteiger partial charge in [-0.15, -0.1) is 0 Å². The van der Waals surface area contributed by atoms with E-state index < -0.39 is 0 Å². The molecular formula is C14H18Cl2N4. The predicted molar refractivity (Wildman–Crippen MR) is 82.3 cm³/mol. The van der Waals surface area contributed by atoms with E-state index in [1.54, 1.807) is 11.0 Å². The lowest BCUT2D eigenvalue weighted by atomic mass is 10.0. The second-order valence-electron chi connectivity index (χ2n) is 4.66. The van der Waals surface area contributed by atoms with E-state index in [1.807, 2.05) is 25.2 Å². The molecule has 0 saturated heterocycles. The van der Waals surface area contributed by atoms with Gasteiger partial charge in [-0.25, -0.2) is 4.98 Å². The Labute approximate surface area is 129 Å². The fourth-order valence-electron chi connectivity index (χ4n) is 2.20. The van der Waals surface area contributed by atoms with Gasteiger partial charge in [-0.05, 0) is 30.7 Å². The Bertz CT molecular complexity index is 548. The quantitative estimate of drug-likeness (QED) is 0.892. The lowest BCUT2D eigenvalue weighted by Gasteiger charge is -2.19. The SMILES string of the molecule is CCNC(Cc1c(Cl)cccc1Cl)Cc1ncnn1C. The fraction of sp³-hybridized carbons (Fsp3) is 0.429. The van der Waals surface area contributed by atoms with Crippen molar-refractivity contribution in [1.82, 2.24) is 20.1 Å². The highest BCUT2D eigenvalue weighted by Crippen LogP contribution is 2.26. The van der Waals surface area contributed by atoms with Crippen LogP contribution in [-0.2, 0) is 19.9 Å². The number of aromatic nitrogens is 3. The minimum Gasteiger partial charge on any atom is -0.313 e. The van der Waals surface area contributed by atoms with E-state index in [1.165, 1.54) is 0 Å². The summed E-state index contributed by atoms with van der Waals surface area (Å²) < 4.78 is 1.79. The van der Waals surface area contributed by atoms with Gasteiger partial charge < -0.3 is 5.32 Å². The van der Waals surface area contributed by atoms with E-state index in [4.69, 9.17) is 23.2 Å². The summed E-state index contributed by atoms with van der Waals surface area (Å²) in [7, 11) is 1.90. The fourth-order valence-corrected chi connectivity index (χ4v) is 2.76. The molecule has 0 amide bonds. The number of hydrogen-bond donors (Lipinski definition) is 1. The van der Waals surface area contributed by atoms with Crippen molar-refractivity contribution in [2.45, 2.75) is 25.8 Å². The molecule has 1 atom stereocenters. The van der Waals surface area contributed by atoms with Crippen molar-refractivity contribution in [2.24, 2.45) is 7.05 Å². The number of aryl methyl sites for hydroxylation is 1. The molecule has 20 heavy (non-hydrogen) atoms. The summed E-state index contributed by atoms with van der Waals surface area (Å²) in [6.45, 7) is 2.96. The van der Waals surface area contributed by atoms with Crippen molar-refractivity contribution < 1.29 is 0 Å². The van der Waals surface area contributed by atoms with Crippen LogP contribution in [0.4, 0.5) is 0 Å². The average molecular weight is 313 g/mol. The van der Waals surface area contributed by atoms with Gasteiger partial charge in [0.25, 0.3) is 0 Å². The van der Waals surface area contributed by atoms with Crippen LogP contribution < -0.4 is 5.32 Å². The molecule has 1 aromatic carbocycles. The molecule has 0 fully saturated rings. The maximum Gasteiger partial charge on any atom is 0.138 e. The first-order valence-corrected chi connectivity index (χ1v) is 7.36. The molecule has 0 radical (unpaired) electrons. The van der Waals surface area contributed by atoms with Crippen LogP contribution in [0.3, 0.4) is 0 Å². The smallest absolute Gasteiger partial charge is 0.138 e. The molecule has 1 heterocycles. The van der Waals surface area contributed by atoms with Crippen molar-refractivity contribution in [1.29, 1.82) is 0 Å². The van der Waals surface area contributed by atoms with Crippen LogP contribution >= 0.6 is 23.2 Å². The highest BCUT2D eigenvalue weighted by Gasteiger charge is 2.16. The Kier molecular flexibility index (Phi) is 5.40. The first kappa shape index (κ1) is 15.3. The summed E-state index contributed by atoms with van der Waals surface area (Å²) in [6, 6.07) is 5.82. The molecule has 108 valence electrons. The maximum absolute atomic E-state index is 6.24. The summed E-state index contributed by atoms with van der Waals surface area (Å²) in [5.41, 5.74) is 0.976. The Balaban J connectivity index is 2.15. The topological polar surface area (TPSA) is 42.7 Å². The normalized spacial score (nSPS) is 12.6. The Morgan fingerprint density at radius 2 is 1.95 bits per heavy atom. The van der Waals surface area contributed by atoms with Gasteiger partial charge in [0.2, 0.25) is 0 Å². The van der Waals surface area contributed by atoms with Crippen LogP contribution in [0.2, 0.25) is 10.0 Å². The standard InChI is InChI=1S/C14H18Cl2N4/c1-3-17-10(8-14-18-9-19-20(14)2)7-11-12(15)5-4-6-13(11)16/h4-6,9-10,17H,3,7-8H2,1-2H3. The highest BCUT2D eigenvalue weighted by atomic mass is 35.5. The molecule has 1 unspecified atom stereocenters. The molecule has 2 rings (SSSR count). The van der Waals surface area contributed by atoms with Gasteiger partial charge in [-0.3, -0.25) is 4.68 Å². The van der Waals surface area contributed by atoms with E-state index in [2.05, 4.69) is 22.3 Å². The van der Waals surface area contributed by atoms with Crippen LogP contribution in [0, 0.1) is 0 Å². The minimum absolute atomic E-state index is 0.222. The van der Waals surface area contributed by atoms with E-state index in [0.717, 1.165) is 30.8 Å². The van der Waals surface area contributed by atoms with Crippen LogP contribution in [0.25, 0.3) is 0 Å². The number of nitrogens with zero attached hydrogens (tertiary/aromatic N) is 3. The zero-order valence-corrected chi connectivity index (χ0v) is 13.1. The third-order valence-electron chi connectivity index (χ3n) is 3.24. The average Bonchev–Trinajstić information content (AvgIpc) is 2.80. The second kappa shape index (κ2) is 7.07. The first-order valence-electron chi connectivity index (χ1n) is 6.61. The van der Waals surface area contributed by atoms with E-state index in [0.29, 0.717) is 10.0 Å². The Morgan fingerprint density at radius 3 is 2.50 bits per heavy atom. The van der Waals surface area contributed by atoms with Gasteiger partial charge in [0.15, 0.2) is 0 Å². The minimum atomic E-state index is 0.222. The molecule has 1 N–H and O–H groups in total. The summed E-state index contributed by atoms with van der Waals surface area (Å²) in [5.74, 6) is 0.944. The maximum atomic E-state index is 6.24. The molecule has 0 aliphatic carbocycles. The largest absolute Gasteiger partial charge is 0.313 e. The number of halogens is 2. The van der Waals surface area contributed by atoms with E-state index in [9.17, 15) is 0 Å². The highest BCUT2D eigenvalue weighted by molar-refractivity contribution is 6.36. The van der Waals surface area contributed by atoms with Crippen molar-refractivity contribution in [3.8, 4) is 0 Å². The molecule has 2 aromatic rings. The lowest BCUT2D eigenvalue weighted by Crippen LogP contribution is -2.34. The van der Waals surface area contributed by atoms with E-state index >= 15 is 0 Å². The molecular weight excluding hydrogens is 295 g/mol. The zero-order chi connectivity index (χ0) is 14.5. The van der Waals surface area contributed by atoms with Gasteiger partial charge >= 0.3 is 0 Å². The van der Waals surface area contributed by atoms with Crippen molar-refractivity contribution in [3.05, 3.63) is 46.0 Å². The van der Waals surface area contributed by atoms with Gasteiger partial charge in [0.1, 0.15) is 12.2 Å². The summed E-state index contributed by atoms with van der Waals surface area (Å²) in [4.78, 5) is 4.27. The third kappa shape index (κ3) is 3.72. The van der Waals surface area contributed by atoms with E-state index in [-0.39, 0.29) is 6.04 Å². The molecule has 1 aromatic heterocycles. The van der Waals surface area contributed by atoms with Gasteiger partial charge in [0.05, 0.1) is 0 Å². The van der Waals surface area contributed by atoms with Crippen molar-refractivity contribution in [2.75, 3.05) is 6.54 Å². The van der Waals surface area contributed by atoms with Gasteiger partial charge in [-0.2, -0.15) is 5.10 Å². The number of benzene rings is 1. The van der Waals surface area contributed by atoms with Crippen LogP contribution in [0.15, 0.2) is 24.5 Å². The number of rotatable bonds is 6. The van der Waals surface area contributed by atoms with Gasteiger partial charge in [-0.1, -0.05) is 36.2 Å². The second-order valence-corrected chi connectivity index (χ2v) is 5.48. The summed E-state index contributed by atoms with van der Waals surface area (Å²) in [5, 5.41) is 8.96. The first-order chi connectivity index (χ1) is 9.61. The van der Waals surface area contributed by atoms with Crippen molar-refractivity contribution >= 4 is 23.2 Å². The molecule has 0 spiro atoms. The van der Waals surface area contributed by atoms with Crippen LogP contribution in [0.1, 0.15) is 18.3 Å². The number of likely N-dealkylation sites (N-methyl/N-ethyl adjacent to an activating group) is 1. The Morgan fingerprint density at radius 1 is 1.25 bits per heavy atom. The van der Waals surface area contributed by atoms with Crippen LogP contribution in [-0.4, -0.2) is 27.4 Å². The summed E-state index contributed by atoms with van der Waals surface area (Å²) in [6.07, 6.45) is 3.12. The third-order valence-corrected chi connectivity index (χ3v) is 3.95. The Hall–Kier alpha value is -1.10.